The molecule has 0 aromatic carbocycles. The Morgan fingerprint density at radius 3 is 2.25 bits per heavy atom. The van der Waals surface area contributed by atoms with Gasteiger partial charge in [-0.05, 0) is 39.0 Å². The molecule has 2 atom stereocenters. The van der Waals surface area contributed by atoms with Crippen LogP contribution in [0.4, 0.5) is 0 Å². The number of hydrogen-bond acceptors (Lipinski definition) is 3. The van der Waals surface area contributed by atoms with Crippen molar-refractivity contribution in [3.8, 4) is 0 Å². The molecule has 0 saturated heterocycles. The molecule has 0 aromatic heterocycles. The van der Waals surface area contributed by atoms with E-state index >= 15 is 0 Å². The summed E-state index contributed by atoms with van der Waals surface area (Å²) in [6.45, 7) is 7.79. The molecule has 20 heavy (non-hydrogen) atoms. The summed E-state index contributed by atoms with van der Waals surface area (Å²) in [5.41, 5.74) is 0. The first-order valence-corrected chi connectivity index (χ1v) is 7.91. The van der Waals surface area contributed by atoms with E-state index in [-0.39, 0.29) is 23.9 Å². The molecule has 0 bridgehead atoms. The van der Waals surface area contributed by atoms with Crippen molar-refractivity contribution in [3.63, 3.8) is 0 Å². The molecule has 0 heterocycles. The van der Waals surface area contributed by atoms with Crippen molar-refractivity contribution < 1.29 is 14.3 Å². The van der Waals surface area contributed by atoms with Gasteiger partial charge in [-0.15, -0.1) is 0 Å². The van der Waals surface area contributed by atoms with E-state index in [2.05, 4.69) is 19.2 Å². The molecule has 1 saturated carbocycles. The smallest absolute Gasteiger partial charge is 0.328 e. The van der Waals surface area contributed by atoms with Crippen LogP contribution in [-0.4, -0.2) is 24.0 Å². The standard InChI is InChI=1S/C16H29NO3/c1-11(2)10-12(3)20-16(19)13(4)17-15(18)14-8-6-5-7-9-14/h11-14H,5-10H2,1-4H3,(H,17,18)/t12-,13+/m1/s1. The summed E-state index contributed by atoms with van der Waals surface area (Å²) in [5, 5.41) is 2.79. The Hall–Kier alpha value is -1.06. The van der Waals surface area contributed by atoms with Gasteiger partial charge in [-0.3, -0.25) is 4.79 Å². The van der Waals surface area contributed by atoms with E-state index in [9.17, 15) is 9.59 Å². The first-order valence-electron chi connectivity index (χ1n) is 7.91. The molecule has 116 valence electrons. The van der Waals surface area contributed by atoms with Crippen LogP contribution >= 0.6 is 0 Å². The SMILES string of the molecule is CC(C)C[C@@H](C)OC(=O)[C@H](C)NC(=O)C1CCCCC1. The molecule has 1 rings (SSSR count). The summed E-state index contributed by atoms with van der Waals surface area (Å²) in [6, 6.07) is -0.556. The van der Waals surface area contributed by atoms with E-state index in [1.807, 2.05) is 6.92 Å². The molecule has 1 aliphatic carbocycles. The van der Waals surface area contributed by atoms with Gasteiger partial charge < -0.3 is 10.1 Å². The van der Waals surface area contributed by atoms with Crippen molar-refractivity contribution in [2.24, 2.45) is 11.8 Å². The van der Waals surface area contributed by atoms with E-state index < -0.39 is 6.04 Å². The summed E-state index contributed by atoms with van der Waals surface area (Å²) in [5.74, 6) is 0.241. The van der Waals surface area contributed by atoms with Crippen molar-refractivity contribution in [1.82, 2.24) is 5.32 Å². The van der Waals surface area contributed by atoms with Gasteiger partial charge in [-0.1, -0.05) is 33.1 Å². The highest BCUT2D eigenvalue weighted by Gasteiger charge is 2.25. The first-order chi connectivity index (χ1) is 9.40. The van der Waals surface area contributed by atoms with Gasteiger partial charge in [0.15, 0.2) is 0 Å². The normalized spacial score (nSPS) is 19.4. The minimum Gasteiger partial charge on any atom is -0.461 e. The number of hydrogen-bond donors (Lipinski definition) is 1. The van der Waals surface area contributed by atoms with E-state index in [0.29, 0.717) is 5.92 Å². The Kier molecular flexibility index (Phi) is 7.03. The summed E-state index contributed by atoms with van der Waals surface area (Å²) in [6.07, 6.45) is 6.07. The van der Waals surface area contributed by atoms with E-state index in [1.165, 1.54) is 6.42 Å². The number of nitrogens with one attached hydrogen (secondary N) is 1. The van der Waals surface area contributed by atoms with Crippen LogP contribution in [-0.2, 0) is 14.3 Å². The highest BCUT2D eigenvalue weighted by molar-refractivity contribution is 5.85. The number of carbonyl (C=O) groups is 2. The average molecular weight is 283 g/mol. The van der Waals surface area contributed by atoms with Crippen LogP contribution in [0, 0.1) is 11.8 Å². The zero-order valence-electron chi connectivity index (χ0n) is 13.3. The van der Waals surface area contributed by atoms with Gasteiger partial charge >= 0.3 is 5.97 Å². The number of esters is 1. The second-order valence-electron chi connectivity index (χ2n) is 6.44. The van der Waals surface area contributed by atoms with Gasteiger partial charge in [-0.25, -0.2) is 4.79 Å². The van der Waals surface area contributed by atoms with Crippen LogP contribution in [0.15, 0.2) is 0 Å². The fourth-order valence-corrected chi connectivity index (χ4v) is 2.77. The molecule has 0 aliphatic heterocycles. The molecular formula is C16H29NO3. The van der Waals surface area contributed by atoms with Gasteiger partial charge in [0, 0.05) is 5.92 Å². The molecule has 4 heteroatoms. The maximum Gasteiger partial charge on any atom is 0.328 e. The fraction of sp³-hybridized carbons (Fsp3) is 0.875. The lowest BCUT2D eigenvalue weighted by Crippen LogP contribution is -2.43. The van der Waals surface area contributed by atoms with Crippen molar-refractivity contribution in [2.45, 2.75) is 78.4 Å². The minimum atomic E-state index is -0.556. The molecule has 1 aliphatic rings. The quantitative estimate of drug-likeness (QED) is 0.762. The second-order valence-corrected chi connectivity index (χ2v) is 6.44. The highest BCUT2D eigenvalue weighted by atomic mass is 16.5. The number of carbonyl (C=O) groups excluding carboxylic acids is 2. The first kappa shape index (κ1) is 17.0. The lowest BCUT2D eigenvalue weighted by molar-refractivity contribution is -0.152. The predicted octanol–water partition coefficient (Wildman–Crippen LogP) is 3.05. The lowest BCUT2D eigenvalue weighted by Gasteiger charge is -2.23. The van der Waals surface area contributed by atoms with Crippen LogP contribution in [0.2, 0.25) is 0 Å². The molecule has 0 aromatic rings. The van der Waals surface area contributed by atoms with Crippen molar-refractivity contribution in [3.05, 3.63) is 0 Å². The molecule has 1 fully saturated rings. The molecule has 4 nitrogen and oxygen atoms in total. The summed E-state index contributed by atoms with van der Waals surface area (Å²) in [7, 11) is 0. The van der Waals surface area contributed by atoms with Gasteiger partial charge in [0.25, 0.3) is 0 Å². The molecule has 1 amide bonds. The van der Waals surface area contributed by atoms with E-state index in [4.69, 9.17) is 4.74 Å². The summed E-state index contributed by atoms with van der Waals surface area (Å²) in [4.78, 5) is 24.0. The molecule has 0 spiro atoms. The Balaban J connectivity index is 2.34. The third kappa shape index (κ3) is 5.93. The zero-order chi connectivity index (χ0) is 15.1. The van der Waals surface area contributed by atoms with Crippen molar-refractivity contribution in [1.29, 1.82) is 0 Å². The average Bonchev–Trinajstić information content (AvgIpc) is 2.38. The van der Waals surface area contributed by atoms with Crippen LogP contribution in [0.3, 0.4) is 0 Å². The summed E-state index contributed by atoms with van der Waals surface area (Å²) < 4.78 is 5.36. The van der Waals surface area contributed by atoms with Gasteiger partial charge in [0.1, 0.15) is 6.04 Å². The van der Waals surface area contributed by atoms with Crippen LogP contribution < -0.4 is 5.32 Å². The zero-order valence-corrected chi connectivity index (χ0v) is 13.3. The number of amides is 1. The topological polar surface area (TPSA) is 55.4 Å². The monoisotopic (exact) mass is 283 g/mol. The Morgan fingerprint density at radius 1 is 1.10 bits per heavy atom. The minimum absolute atomic E-state index is 0.00524. The predicted molar refractivity (Wildman–Crippen MR) is 79.2 cm³/mol. The molecule has 0 radical (unpaired) electrons. The Bertz CT molecular complexity index is 322. The third-order valence-electron chi connectivity index (χ3n) is 3.81. The lowest BCUT2D eigenvalue weighted by atomic mass is 9.88. The largest absolute Gasteiger partial charge is 0.461 e. The Morgan fingerprint density at radius 2 is 1.70 bits per heavy atom. The van der Waals surface area contributed by atoms with E-state index in [1.54, 1.807) is 6.92 Å². The highest BCUT2D eigenvalue weighted by Crippen LogP contribution is 2.23. The van der Waals surface area contributed by atoms with Gasteiger partial charge in [0.2, 0.25) is 5.91 Å². The van der Waals surface area contributed by atoms with Gasteiger partial charge in [0.05, 0.1) is 6.10 Å². The number of ether oxygens (including phenoxy) is 1. The maximum absolute atomic E-state index is 12.1. The Labute approximate surface area is 122 Å². The molecule has 0 unspecified atom stereocenters. The third-order valence-corrected chi connectivity index (χ3v) is 3.81. The summed E-state index contributed by atoms with van der Waals surface area (Å²) >= 11 is 0. The second kappa shape index (κ2) is 8.28. The molecular weight excluding hydrogens is 254 g/mol. The van der Waals surface area contributed by atoms with E-state index in [0.717, 1.165) is 32.1 Å². The van der Waals surface area contributed by atoms with Crippen LogP contribution in [0.1, 0.15) is 66.2 Å². The number of rotatable bonds is 6. The van der Waals surface area contributed by atoms with Crippen LogP contribution in [0.5, 0.6) is 0 Å². The maximum atomic E-state index is 12.1. The fourth-order valence-electron chi connectivity index (χ4n) is 2.77. The molecule has 1 N–H and O–H groups in total. The van der Waals surface area contributed by atoms with Gasteiger partial charge in [-0.2, -0.15) is 0 Å². The van der Waals surface area contributed by atoms with Crippen LogP contribution in [0.25, 0.3) is 0 Å². The van der Waals surface area contributed by atoms with Crippen molar-refractivity contribution >= 4 is 11.9 Å². The van der Waals surface area contributed by atoms with Crippen molar-refractivity contribution in [2.75, 3.05) is 0 Å².